The molecule has 10 heteroatoms. The van der Waals surface area contributed by atoms with Gasteiger partial charge in [-0.15, -0.1) is 11.3 Å². The van der Waals surface area contributed by atoms with E-state index in [0.717, 1.165) is 11.6 Å². The Morgan fingerprint density at radius 2 is 1.77 bits per heavy atom. The SMILES string of the molecule is Cc1ccc(OCc2nc(CC(=O)NCC(=O)Nc3ccc(F)c(F)c3F)cs2)cc1. The second-order valence-electron chi connectivity index (χ2n) is 6.56. The molecule has 2 amide bonds. The Hall–Kier alpha value is -3.40. The minimum absolute atomic E-state index is 0.0617. The van der Waals surface area contributed by atoms with Crippen LogP contribution in [0.3, 0.4) is 0 Å². The van der Waals surface area contributed by atoms with Crippen LogP contribution in [0.5, 0.6) is 5.75 Å². The van der Waals surface area contributed by atoms with Crippen LogP contribution >= 0.6 is 11.3 Å². The van der Waals surface area contributed by atoms with Gasteiger partial charge in [0.2, 0.25) is 11.8 Å². The van der Waals surface area contributed by atoms with Crippen molar-refractivity contribution in [3.05, 3.63) is 75.5 Å². The number of nitrogens with zero attached hydrogens (tertiary/aromatic N) is 1. The predicted octanol–water partition coefficient (Wildman–Crippen LogP) is 3.75. The maximum atomic E-state index is 13.6. The highest BCUT2D eigenvalue weighted by molar-refractivity contribution is 7.09. The van der Waals surface area contributed by atoms with E-state index in [1.807, 2.05) is 31.2 Å². The van der Waals surface area contributed by atoms with Crippen molar-refractivity contribution in [2.45, 2.75) is 20.0 Å². The highest BCUT2D eigenvalue weighted by Gasteiger charge is 2.16. The molecule has 1 heterocycles. The molecule has 0 saturated heterocycles. The first kappa shape index (κ1) is 22.3. The molecule has 0 aliphatic carbocycles. The smallest absolute Gasteiger partial charge is 0.243 e. The summed E-state index contributed by atoms with van der Waals surface area (Å²) in [5.41, 5.74) is 1.12. The number of aromatic nitrogens is 1. The van der Waals surface area contributed by atoms with Crippen molar-refractivity contribution in [3.8, 4) is 5.75 Å². The lowest BCUT2D eigenvalue weighted by Gasteiger charge is -2.08. The summed E-state index contributed by atoms with van der Waals surface area (Å²) in [7, 11) is 0. The molecule has 0 spiro atoms. The molecule has 0 saturated carbocycles. The van der Waals surface area contributed by atoms with E-state index in [1.54, 1.807) is 5.38 Å². The number of halogens is 3. The Labute approximate surface area is 180 Å². The van der Waals surface area contributed by atoms with Gasteiger partial charge in [0.25, 0.3) is 0 Å². The molecule has 0 aliphatic rings. The molecule has 31 heavy (non-hydrogen) atoms. The number of rotatable bonds is 8. The van der Waals surface area contributed by atoms with Gasteiger partial charge in [0.1, 0.15) is 17.4 Å². The summed E-state index contributed by atoms with van der Waals surface area (Å²) >= 11 is 1.34. The first-order chi connectivity index (χ1) is 14.8. The fourth-order valence-electron chi connectivity index (χ4n) is 2.50. The van der Waals surface area contributed by atoms with Gasteiger partial charge in [0.15, 0.2) is 17.5 Å². The van der Waals surface area contributed by atoms with E-state index in [4.69, 9.17) is 4.74 Å². The highest BCUT2D eigenvalue weighted by Crippen LogP contribution is 2.19. The molecule has 1 aromatic heterocycles. The van der Waals surface area contributed by atoms with Gasteiger partial charge in [-0.1, -0.05) is 17.7 Å². The first-order valence-corrected chi connectivity index (χ1v) is 10.0. The molecule has 3 rings (SSSR count). The molecule has 0 aliphatic heterocycles. The molecule has 0 fully saturated rings. The van der Waals surface area contributed by atoms with Crippen LogP contribution in [0.15, 0.2) is 41.8 Å². The molecule has 2 aromatic carbocycles. The molecular formula is C21H18F3N3O3S. The zero-order chi connectivity index (χ0) is 22.4. The zero-order valence-corrected chi connectivity index (χ0v) is 17.2. The van der Waals surface area contributed by atoms with E-state index in [1.165, 1.54) is 11.3 Å². The van der Waals surface area contributed by atoms with Gasteiger partial charge in [0.05, 0.1) is 24.3 Å². The summed E-state index contributed by atoms with van der Waals surface area (Å²) in [6.45, 7) is 1.77. The lowest BCUT2D eigenvalue weighted by molar-refractivity contribution is -0.123. The first-order valence-electron chi connectivity index (χ1n) is 9.14. The number of carbonyl (C=O) groups is 2. The molecule has 0 bridgehead atoms. The summed E-state index contributed by atoms with van der Waals surface area (Å²) in [5.74, 6) is -5.12. The minimum Gasteiger partial charge on any atom is -0.486 e. The maximum absolute atomic E-state index is 13.6. The van der Waals surface area contributed by atoms with Crippen molar-refractivity contribution in [2.24, 2.45) is 0 Å². The van der Waals surface area contributed by atoms with Crippen LogP contribution in [-0.2, 0) is 22.6 Å². The van der Waals surface area contributed by atoms with Crippen molar-refractivity contribution >= 4 is 28.8 Å². The van der Waals surface area contributed by atoms with Crippen LogP contribution in [0.1, 0.15) is 16.3 Å². The van der Waals surface area contributed by atoms with Gasteiger partial charge in [0, 0.05) is 5.38 Å². The molecule has 6 nitrogen and oxygen atoms in total. The van der Waals surface area contributed by atoms with Gasteiger partial charge in [-0.05, 0) is 31.2 Å². The van der Waals surface area contributed by atoms with Gasteiger partial charge in [-0.2, -0.15) is 0 Å². The number of hydrogen-bond acceptors (Lipinski definition) is 5. The van der Waals surface area contributed by atoms with Crippen LogP contribution in [0.2, 0.25) is 0 Å². The van der Waals surface area contributed by atoms with Crippen LogP contribution in [0.4, 0.5) is 18.9 Å². The molecule has 0 radical (unpaired) electrons. The maximum Gasteiger partial charge on any atom is 0.243 e. The summed E-state index contributed by atoms with van der Waals surface area (Å²) in [6.07, 6.45) is -0.0617. The van der Waals surface area contributed by atoms with Gasteiger partial charge in [-0.3, -0.25) is 9.59 Å². The van der Waals surface area contributed by atoms with Crippen LogP contribution in [0, 0.1) is 24.4 Å². The van der Waals surface area contributed by atoms with Crippen molar-refractivity contribution in [1.29, 1.82) is 0 Å². The molecule has 0 unspecified atom stereocenters. The normalized spacial score (nSPS) is 10.6. The topological polar surface area (TPSA) is 80.3 Å². The van der Waals surface area contributed by atoms with E-state index >= 15 is 0 Å². The van der Waals surface area contributed by atoms with Gasteiger partial charge >= 0.3 is 0 Å². The second-order valence-corrected chi connectivity index (χ2v) is 7.50. The Morgan fingerprint density at radius 1 is 1.03 bits per heavy atom. The van der Waals surface area contributed by atoms with E-state index in [2.05, 4.69) is 15.6 Å². The number of benzene rings is 2. The third-order valence-corrected chi connectivity index (χ3v) is 4.95. The fourth-order valence-corrected chi connectivity index (χ4v) is 3.20. The molecular weight excluding hydrogens is 431 g/mol. The number of carbonyl (C=O) groups excluding carboxylic acids is 2. The average Bonchev–Trinajstić information content (AvgIpc) is 3.19. The number of ether oxygens (including phenoxy) is 1. The quantitative estimate of drug-likeness (QED) is 0.514. The molecule has 3 aromatic rings. The van der Waals surface area contributed by atoms with Crippen LogP contribution < -0.4 is 15.4 Å². The average molecular weight is 449 g/mol. The lowest BCUT2D eigenvalue weighted by Crippen LogP contribution is -2.34. The second kappa shape index (κ2) is 10.1. The lowest BCUT2D eigenvalue weighted by atomic mass is 10.2. The number of amides is 2. The van der Waals surface area contributed by atoms with E-state index in [-0.39, 0.29) is 13.0 Å². The molecule has 162 valence electrons. The van der Waals surface area contributed by atoms with Crippen molar-refractivity contribution < 1.29 is 27.5 Å². The zero-order valence-electron chi connectivity index (χ0n) is 16.4. The molecule has 2 N–H and O–H groups in total. The molecule has 0 atom stereocenters. The van der Waals surface area contributed by atoms with Gasteiger partial charge < -0.3 is 15.4 Å². The fraction of sp³-hybridized carbons (Fsp3) is 0.190. The van der Waals surface area contributed by atoms with Crippen LogP contribution in [-0.4, -0.2) is 23.3 Å². The van der Waals surface area contributed by atoms with Gasteiger partial charge in [-0.25, -0.2) is 18.2 Å². The van der Waals surface area contributed by atoms with Crippen molar-refractivity contribution in [3.63, 3.8) is 0 Å². The standard InChI is InChI=1S/C21H18F3N3O3S/c1-12-2-4-14(5-3-12)30-10-19-26-13(11-31-19)8-17(28)25-9-18(29)27-16-7-6-15(22)20(23)21(16)24/h2-7,11H,8-10H2,1H3,(H,25,28)(H,27,29). The summed E-state index contributed by atoms with van der Waals surface area (Å²) < 4.78 is 45.3. The Bertz CT molecular complexity index is 1090. The Morgan fingerprint density at radius 3 is 2.52 bits per heavy atom. The highest BCUT2D eigenvalue weighted by atomic mass is 32.1. The van der Waals surface area contributed by atoms with Crippen molar-refractivity contribution in [2.75, 3.05) is 11.9 Å². The summed E-state index contributed by atoms with van der Waals surface area (Å²) in [5, 5.41) is 6.84. The van der Waals surface area contributed by atoms with Crippen molar-refractivity contribution in [1.82, 2.24) is 10.3 Å². The number of aryl methyl sites for hydroxylation is 1. The van der Waals surface area contributed by atoms with E-state index in [9.17, 15) is 22.8 Å². The predicted molar refractivity (Wildman–Crippen MR) is 109 cm³/mol. The third kappa shape index (κ3) is 6.29. The summed E-state index contributed by atoms with van der Waals surface area (Å²) in [4.78, 5) is 28.2. The minimum atomic E-state index is -1.69. The number of hydrogen-bond donors (Lipinski definition) is 2. The number of thiazole rings is 1. The number of nitrogens with one attached hydrogen (secondary N) is 2. The third-order valence-electron chi connectivity index (χ3n) is 4.08. The van der Waals surface area contributed by atoms with E-state index < -0.39 is 41.5 Å². The Balaban J connectivity index is 1.44. The van der Waals surface area contributed by atoms with Crippen LogP contribution in [0.25, 0.3) is 0 Å². The monoisotopic (exact) mass is 449 g/mol. The largest absolute Gasteiger partial charge is 0.486 e. The number of anilines is 1. The Kier molecular flexibility index (Phi) is 7.24. The summed E-state index contributed by atoms with van der Waals surface area (Å²) in [6, 6.07) is 9.16. The van der Waals surface area contributed by atoms with E-state index in [0.29, 0.717) is 22.5 Å².